The Bertz CT molecular complexity index is 1460. The van der Waals surface area contributed by atoms with Gasteiger partial charge in [-0.1, -0.05) is 19.1 Å². The van der Waals surface area contributed by atoms with Gasteiger partial charge in [-0.05, 0) is 80.0 Å². The molecule has 0 bridgehead atoms. The summed E-state index contributed by atoms with van der Waals surface area (Å²) < 4.78 is 28.7. The van der Waals surface area contributed by atoms with Gasteiger partial charge in [-0.25, -0.2) is 8.78 Å². The molecule has 2 aliphatic heterocycles. The van der Waals surface area contributed by atoms with E-state index >= 15 is 0 Å². The number of hydrazone groups is 1. The molecule has 0 radical (unpaired) electrons. The van der Waals surface area contributed by atoms with E-state index < -0.39 is 11.6 Å². The lowest BCUT2D eigenvalue weighted by Crippen LogP contribution is -2.38. The van der Waals surface area contributed by atoms with Crippen molar-refractivity contribution >= 4 is 18.4 Å². The van der Waals surface area contributed by atoms with E-state index in [2.05, 4.69) is 50.4 Å². The summed E-state index contributed by atoms with van der Waals surface area (Å²) in [4.78, 5) is 6.32. The highest BCUT2D eigenvalue weighted by molar-refractivity contribution is 5.63. The van der Waals surface area contributed by atoms with Crippen molar-refractivity contribution in [2.75, 3.05) is 13.1 Å². The number of pyridine rings is 1. The first-order valence-corrected chi connectivity index (χ1v) is 13.4. The number of nitrogens with zero attached hydrogens (tertiary/aromatic N) is 5. The minimum Gasteiger partial charge on any atom is -0.298 e. The number of likely N-dealkylation sites (tertiary alicyclic amines) is 1. The molecule has 1 aliphatic carbocycles. The van der Waals surface area contributed by atoms with Crippen molar-refractivity contribution in [3.63, 3.8) is 0 Å². The van der Waals surface area contributed by atoms with Crippen molar-refractivity contribution < 1.29 is 8.78 Å². The van der Waals surface area contributed by atoms with Crippen LogP contribution in [0.1, 0.15) is 38.2 Å². The summed E-state index contributed by atoms with van der Waals surface area (Å²) in [5, 5.41) is 16.8. The van der Waals surface area contributed by atoms with Crippen molar-refractivity contribution in [3.05, 3.63) is 82.3 Å². The molecule has 6 nitrogen and oxygen atoms in total. The Morgan fingerprint density at radius 3 is 2.71 bits per heavy atom. The maximum atomic E-state index is 14.3. The van der Waals surface area contributed by atoms with Gasteiger partial charge in [0, 0.05) is 54.2 Å². The molecule has 4 heterocycles. The fourth-order valence-corrected chi connectivity index (χ4v) is 5.92. The van der Waals surface area contributed by atoms with Gasteiger partial charge in [0.05, 0.1) is 17.1 Å². The Morgan fingerprint density at radius 2 is 1.89 bits per heavy atom. The highest BCUT2D eigenvalue weighted by atomic mass is 19.1. The lowest BCUT2D eigenvalue weighted by molar-refractivity contribution is 0.173. The van der Waals surface area contributed by atoms with Gasteiger partial charge < -0.3 is 0 Å². The summed E-state index contributed by atoms with van der Waals surface area (Å²) in [5.74, 6) is -0.268. The standard InChI is InChI=1S/C30H32F2N6/c1-20-9-14-34-38(23-7-8-29-24(16-23)30(36-35-29)21-10-12-33-13-11-21)19-25(20)22-4-3-15-37(17-22)18-26-27(31)5-2-6-28(26)32/h2,5-6,8,10-14,16,19-20,22-23,35H,3-4,7,9,15,17-18H2,1H3. The van der Waals surface area contributed by atoms with E-state index in [1.165, 1.54) is 23.8 Å². The number of aromatic nitrogens is 3. The molecule has 1 N–H and O–H groups in total. The third-order valence-corrected chi connectivity index (χ3v) is 7.99. The average Bonchev–Trinajstić information content (AvgIpc) is 3.26. The van der Waals surface area contributed by atoms with Crippen LogP contribution in [0.25, 0.3) is 23.4 Å². The number of aromatic amines is 1. The van der Waals surface area contributed by atoms with Gasteiger partial charge in [0.1, 0.15) is 11.6 Å². The quantitative estimate of drug-likeness (QED) is 0.554. The Kier molecular flexibility index (Phi) is 6.89. The van der Waals surface area contributed by atoms with Gasteiger partial charge in [-0.2, -0.15) is 10.2 Å². The summed E-state index contributed by atoms with van der Waals surface area (Å²) >= 11 is 0. The number of halogens is 2. The number of hydrogen-bond acceptors (Lipinski definition) is 5. The predicted molar refractivity (Wildman–Crippen MR) is 145 cm³/mol. The van der Waals surface area contributed by atoms with Gasteiger partial charge in [0.2, 0.25) is 0 Å². The topological polar surface area (TPSA) is 60.4 Å². The lowest BCUT2D eigenvalue weighted by atomic mass is 9.82. The number of rotatable bonds is 5. The first-order chi connectivity index (χ1) is 18.6. The molecule has 0 amide bonds. The fourth-order valence-electron chi connectivity index (χ4n) is 5.92. The van der Waals surface area contributed by atoms with Crippen LogP contribution >= 0.6 is 0 Å². The molecule has 1 aromatic carbocycles. The molecule has 3 aromatic rings. The van der Waals surface area contributed by atoms with Crippen molar-refractivity contribution in [1.29, 1.82) is 0 Å². The molecule has 38 heavy (non-hydrogen) atoms. The molecular formula is C30H32F2N6. The van der Waals surface area contributed by atoms with Gasteiger partial charge in [0.15, 0.2) is 0 Å². The third kappa shape index (κ3) is 4.92. The zero-order valence-electron chi connectivity index (χ0n) is 21.5. The average molecular weight is 515 g/mol. The van der Waals surface area contributed by atoms with Crippen LogP contribution < -0.4 is 10.6 Å². The van der Waals surface area contributed by atoms with Crippen LogP contribution in [0, 0.1) is 23.5 Å². The van der Waals surface area contributed by atoms with Crippen molar-refractivity contribution in [2.24, 2.45) is 16.9 Å². The Balaban J connectivity index is 1.26. The van der Waals surface area contributed by atoms with E-state index in [-0.39, 0.29) is 11.6 Å². The molecule has 3 atom stereocenters. The van der Waals surface area contributed by atoms with Crippen LogP contribution in [0.3, 0.4) is 0 Å². The second kappa shape index (κ2) is 10.6. The summed E-state index contributed by atoms with van der Waals surface area (Å²) in [5.41, 5.74) is 3.47. The van der Waals surface area contributed by atoms with E-state index in [0.29, 0.717) is 18.4 Å². The molecular weight excluding hydrogens is 482 g/mol. The highest BCUT2D eigenvalue weighted by Crippen LogP contribution is 2.33. The van der Waals surface area contributed by atoms with E-state index in [9.17, 15) is 8.78 Å². The molecule has 1 fully saturated rings. The Morgan fingerprint density at radius 1 is 1.08 bits per heavy atom. The summed E-state index contributed by atoms with van der Waals surface area (Å²) in [6.45, 7) is 4.18. The minimum atomic E-state index is -0.470. The van der Waals surface area contributed by atoms with Crippen LogP contribution in [-0.4, -0.2) is 50.4 Å². The molecule has 2 aromatic heterocycles. The Labute approximate surface area is 221 Å². The molecule has 0 saturated carbocycles. The second-order valence-corrected chi connectivity index (χ2v) is 10.5. The van der Waals surface area contributed by atoms with Crippen molar-refractivity contribution in [1.82, 2.24) is 25.1 Å². The predicted octanol–water partition coefficient (Wildman–Crippen LogP) is 4.21. The monoisotopic (exact) mass is 514 g/mol. The molecule has 0 spiro atoms. The smallest absolute Gasteiger partial charge is 0.130 e. The first-order valence-electron chi connectivity index (χ1n) is 13.4. The van der Waals surface area contributed by atoms with Crippen LogP contribution in [0.2, 0.25) is 0 Å². The first kappa shape index (κ1) is 24.7. The lowest BCUT2D eigenvalue weighted by Gasteiger charge is -2.36. The normalized spacial score (nSPS) is 23.7. The maximum absolute atomic E-state index is 14.3. The van der Waals surface area contributed by atoms with Gasteiger partial charge >= 0.3 is 0 Å². The number of H-pyrrole nitrogens is 1. The minimum absolute atomic E-state index is 0.0736. The van der Waals surface area contributed by atoms with E-state index in [4.69, 9.17) is 5.10 Å². The summed E-state index contributed by atoms with van der Waals surface area (Å²) in [6.07, 6.45) is 16.0. The SMILES string of the molecule is CC1CC=NN(C2C=c3c(-c4ccncc4)n[nH]c3=CC2)C=C1C1CCCN(Cc2c(F)cccc2F)C1. The zero-order chi connectivity index (χ0) is 26.1. The van der Waals surface area contributed by atoms with Crippen LogP contribution in [0.15, 0.2) is 59.6 Å². The molecule has 1 saturated heterocycles. The second-order valence-electron chi connectivity index (χ2n) is 10.5. The third-order valence-electron chi connectivity index (χ3n) is 7.99. The van der Waals surface area contributed by atoms with Crippen molar-refractivity contribution in [3.8, 4) is 11.3 Å². The van der Waals surface area contributed by atoms with Gasteiger partial charge in [-0.15, -0.1) is 0 Å². The van der Waals surface area contributed by atoms with E-state index in [1.807, 2.05) is 18.3 Å². The van der Waals surface area contributed by atoms with Crippen LogP contribution in [0.4, 0.5) is 8.78 Å². The molecule has 3 aliphatic rings. The molecule has 196 valence electrons. The Hall–Kier alpha value is -3.65. The molecule has 3 unspecified atom stereocenters. The van der Waals surface area contributed by atoms with Gasteiger partial charge in [0.25, 0.3) is 0 Å². The molecule has 6 rings (SSSR count). The number of benzene rings is 1. The van der Waals surface area contributed by atoms with Gasteiger partial charge in [-0.3, -0.25) is 20.0 Å². The summed E-state index contributed by atoms with van der Waals surface area (Å²) in [6, 6.07) is 8.12. The zero-order valence-corrected chi connectivity index (χ0v) is 21.5. The van der Waals surface area contributed by atoms with E-state index in [0.717, 1.165) is 60.6 Å². The van der Waals surface area contributed by atoms with Crippen LogP contribution in [0.5, 0.6) is 0 Å². The maximum Gasteiger partial charge on any atom is 0.130 e. The fraction of sp³-hybridized carbons (Fsp3) is 0.367. The highest BCUT2D eigenvalue weighted by Gasteiger charge is 2.29. The number of nitrogens with one attached hydrogen (secondary N) is 1. The van der Waals surface area contributed by atoms with Crippen molar-refractivity contribution in [2.45, 2.75) is 45.2 Å². The number of piperidine rings is 1. The summed E-state index contributed by atoms with van der Waals surface area (Å²) in [7, 11) is 0. The molecule has 8 heteroatoms. The number of fused-ring (bicyclic) bond motifs is 1. The van der Waals surface area contributed by atoms with E-state index in [1.54, 1.807) is 12.4 Å². The largest absolute Gasteiger partial charge is 0.298 e. The number of hydrogen-bond donors (Lipinski definition) is 1. The van der Waals surface area contributed by atoms with Crippen LogP contribution in [-0.2, 0) is 6.54 Å².